The molecule has 0 fully saturated rings. The number of hydrogen-bond acceptors (Lipinski definition) is 3. The minimum Gasteiger partial charge on any atom is -0.376 e. The zero-order valence-electron chi connectivity index (χ0n) is 14.4. The van der Waals surface area contributed by atoms with E-state index in [1.54, 1.807) is 11.9 Å². The number of aryl methyl sites for hydroxylation is 2. The minimum absolute atomic E-state index is 0.00904. The summed E-state index contributed by atoms with van der Waals surface area (Å²) in [4.78, 5) is 1.22. The van der Waals surface area contributed by atoms with Crippen molar-refractivity contribution in [2.45, 2.75) is 45.1 Å². The Balaban J connectivity index is 1.84. The molecule has 0 atom stereocenters. The van der Waals surface area contributed by atoms with Gasteiger partial charge in [-0.05, 0) is 82.0 Å². The van der Waals surface area contributed by atoms with E-state index in [2.05, 4.69) is 87.1 Å². The lowest BCUT2D eigenvalue weighted by Gasteiger charge is -2.32. The first-order chi connectivity index (χ1) is 10.8. The third-order valence-corrected chi connectivity index (χ3v) is 4.95. The average Bonchev–Trinajstić information content (AvgIpc) is 2.46. The molecule has 2 aromatic rings. The van der Waals surface area contributed by atoms with E-state index in [4.69, 9.17) is 0 Å². The highest BCUT2D eigenvalue weighted by molar-refractivity contribution is 8.00. The third-order valence-electron chi connectivity index (χ3n) is 4.12. The van der Waals surface area contributed by atoms with Crippen LogP contribution in [0.2, 0.25) is 0 Å². The molecule has 2 N–H and O–H groups in total. The van der Waals surface area contributed by atoms with E-state index in [-0.39, 0.29) is 5.54 Å². The largest absolute Gasteiger partial charge is 0.376 e. The molecule has 0 saturated heterocycles. The minimum atomic E-state index is 0.00904. The number of rotatable bonds is 3. The maximum Gasteiger partial charge on any atom is 0.0505 e. The lowest BCUT2D eigenvalue weighted by Crippen LogP contribution is -2.31. The van der Waals surface area contributed by atoms with E-state index >= 15 is 0 Å². The topological polar surface area (TPSA) is 24.1 Å². The highest BCUT2D eigenvalue weighted by Gasteiger charge is 2.23. The third kappa shape index (κ3) is 3.56. The van der Waals surface area contributed by atoms with Crippen LogP contribution >= 0.6 is 11.9 Å². The molecule has 1 aliphatic heterocycles. The Labute approximate surface area is 143 Å². The predicted octanol–water partition coefficient (Wildman–Crippen LogP) is 6.03. The van der Waals surface area contributed by atoms with E-state index in [1.807, 2.05) is 0 Å². The second-order valence-corrected chi connectivity index (χ2v) is 7.78. The molecule has 0 unspecified atom stereocenters. The number of benzene rings is 2. The molecule has 0 aromatic heterocycles. The number of allylic oxidation sites excluding steroid dienone is 1. The van der Waals surface area contributed by atoms with Gasteiger partial charge >= 0.3 is 0 Å². The van der Waals surface area contributed by atoms with Crippen molar-refractivity contribution in [3.05, 3.63) is 59.2 Å². The van der Waals surface area contributed by atoms with Crippen molar-refractivity contribution in [3.8, 4) is 0 Å². The molecule has 1 heterocycles. The van der Waals surface area contributed by atoms with E-state index in [1.165, 1.54) is 38.5 Å². The SMILES string of the molecule is CC1=CC(C)(C)Nc2cc(C)c(NSc3ccc(C)cc3)cc21. The number of nitrogens with one attached hydrogen (secondary N) is 2. The Morgan fingerprint density at radius 2 is 1.70 bits per heavy atom. The van der Waals surface area contributed by atoms with Gasteiger partial charge in [0.15, 0.2) is 0 Å². The van der Waals surface area contributed by atoms with Crippen molar-refractivity contribution in [1.29, 1.82) is 0 Å². The fraction of sp³-hybridized carbons (Fsp3) is 0.300. The van der Waals surface area contributed by atoms with Crippen molar-refractivity contribution >= 4 is 28.9 Å². The quantitative estimate of drug-likeness (QED) is 0.674. The van der Waals surface area contributed by atoms with E-state index < -0.39 is 0 Å². The van der Waals surface area contributed by atoms with Gasteiger partial charge in [-0.1, -0.05) is 23.8 Å². The Morgan fingerprint density at radius 3 is 2.39 bits per heavy atom. The first-order valence-electron chi connectivity index (χ1n) is 7.96. The van der Waals surface area contributed by atoms with Crippen molar-refractivity contribution in [1.82, 2.24) is 0 Å². The van der Waals surface area contributed by atoms with Crippen LogP contribution in [0, 0.1) is 13.8 Å². The van der Waals surface area contributed by atoms with Crippen LogP contribution in [0.4, 0.5) is 11.4 Å². The molecule has 0 saturated carbocycles. The summed E-state index contributed by atoms with van der Waals surface area (Å²) in [6, 6.07) is 13.1. The second kappa shape index (κ2) is 5.97. The van der Waals surface area contributed by atoms with Gasteiger partial charge in [-0.2, -0.15) is 0 Å². The predicted molar refractivity (Wildman–Crippen MR) is 103 cm³/mol. The fourth-order valence-electron chi connectivity index (χ4n) is 2.97. The average molecular weight is 324 g/mol. The summed E-state index contributed by atoms with van der Waals surface area (Å²) >= 11 is 1.66. The molecule has 2 aromatic carbocycles. The molecule has 23 heavy (non-hydrogen) atoms. The Hall–Kier alpha value is -1.87. The van der Waals surface area contributed by atoms with Crippen molar-refractivity contribution in [3.63, 3.8) is 0 Å². The first kappa shape index (κ1) is 16.0. The lowest BCUT2D eigenvalue weighted by molar-refractivity contribution is 0.707. The summed E-state index contributed by atoms with van der Waals surface area (Å²) in [6.45, 7) is 10.9. The summed E-state index contributed by atoms with van der Waals surface area (Å²) in [5.74, 6) is 0. The Kier molecular flexibility index (Phi) is 4.15. The summed E-state index contributed by atoms with van der Waals surface area (Å²) in [6.07, 6.45) is 2.29. The van der Waals surface area contributed by atoms with Crippen LogP contribution in [0.5, 0.6) is 0 Å². The summed E-state index contributed by atoms with van der Waals surface area (Å²) < 4.78 is 3.50. The van der Waals surface area contributed by atoms with Gasteiger partial charge in [0.2, 0.25) is 0 Å². The summed E-state index contributed by atoms with van der Waals surface area (Å²) in [5, 5.41) is 3.60. The van der Waals surface area contributed by atoms with Gasteiger partial charge in [0, 0.05) is 21.8 Å². The van der Waals surface area contributed by atoms with Crippen molar-refractivity contribution in [2.24, 2.45) is 0 Å². The molecule has 2 nitrogen and oxygen atoms in total. The van der Waals surface area contributed by atoms with Crippen molar-refractivity contribution in [2.75, 3.05) is 10.0 Å². The molecule has 3 rings (SSSR count). The van der Waals surface area contributed by atoms with E-state index in [9.17, 15) is 0 Å². The normalized spacial score (nSPS) is 15.4. The number of fused-ring (bicyclic) bond motifs is 1. The van der Waals surface area contributed by atoms with Crippen LogP contribution in [-0.4, -0.2) is 5.54 Å². The second-order valence-electron chi connectivity index (χ2n) is 6.90. The molecule has 3 heteroatoms. The van der Waals surface area contributed by atoms with Crippen molar-refractivity contribution < 1.29 is 0 Å². The Bertz CT molecular complexity index is 758. The monoisotopic (exact) mass is 324 g/mol. The highest BCUT2D eigenvalue weighted by Crippen LogP contribution is 2.37. The number of hydrogen-bond donors (Lipinski definition) is 2. The standard InChI is InChI=1S/C20H24N2S/c1-13-6-8-16(9-7-13)23-22-18-11-17-15(3)12-20(4,5)21-19(17)10-14(18)2/h6-12,21-22H,1-5H3. The first-order valence-corrected chi connectivity index (χ1v) is 8.78. The zero-order chi connectivity index (χ0) is 16.6. The zero-order valence-corrected chi connectivity index (χ0v) is 15.3. The van der Waals surface area contributed by atoms with Gasteiger partial charge in [-0.25, -0.2) is 0 Å². The summed E-state index contributed by atoms with van der Waals surface area (Å²) in [7, 11) is 0. The lowest BCUT2D eigenvalue weighted by atomic mass is 9.90. The van der Waals surface area contributed by atoms with Crippen LogP contribution in [-0.2, 0) is 0 Å². The van der Waals surface area contributed by atoms with Gasteiger partial charge in [0.1, 0.15) is 0 Å². The van der Waals surface area contributed by atoms with E-state index in [0.29, 0.717) is 0 Å². The maximum absolute atomic E-state index is 3.60. The molecule has 120 valence electrons. The molecule has 0 spiro atoms. The van der Waals surface area contributed by atoms with Crippen LogP contribution in [0.25, 0.3) is 5.57 Å². The van der Waals surface area contributed by atoms with Gasteiger partial charge in [-0.15, -0.1) is 0 Å². The number of anilines is 2. The molecule has 1 aliphatic rings. The molecule has 0 aliphatic carbocycles. The maximum atomic E-state index is 3.60. The van der Waals surface area contributed by atoms with Gasteiger partial charge in [0.05, 0.1) is 5.54 Å². The molecule has 0 bridgehead atoms. The van der Waals surface area contributed by atoms with Crippen LogP contribution in [0.3, 0.4) is 0 Å². The molecular weight excluding hydrogens is 300 g/mol. The van der Waals surface area contributed by atoms with Crippen LogP contribution in [0.1, 0.15) is 37.5 Å². The molecule has 0 amide bonds. The van der Waals surface area contributed by atoms with Gasteiger partial charge < -0.3 is 10.0 Å². The highest BCUT2D eigenvalue weighted by atomic mass is 32.2. The Morgan fingerprint density at radius 1 is 1.00 bits per heavy atom. The van der Waals surface area contributed by atoms with Gasteiger partial charge in [0.25, 0.3) is 0 Å². The molecular formula is C20H24N2S. The summed E-state index contributed by atoms with van der Waals surface area (Å²) in [5.41, 5.74) is 7.54. The smallest absolute Gasteiger partial charge is 0.0505 e. The van der Waals surface area contributed by atoms with Crippen LogP contribution in [0.15, 0.2) is 47.4 Å². The van der Waals surface area contributed by atoms with Gasteiger partial charge in [-0.3, -0.25) is 0 Å². The van der Waals surface area contributed by atoms with Crippen LogP contribution < -0.4 is 10.0 Å². The molecule has 0 radical (unpaired) electrons. The fourth-order valence-corrected chi connectivity index (χ4v) is 3.69. The van der Waals surface area contributed by atoms with E-state index in [0.717, 1.165) is 0 Å².